The van der Waals surface area contributed by atoms with Gasteiger partial charge in [0.25, 0.3) is 0 Å². The van der Waals surface area contributed by atoms with Gasteiger partial charge in [0.15, 0.2) is 0 Å². The first-order valence-corrected chi connectivity index (χ1v) is 18.8. The summed E-state index contributed by atoms with van der Waals surface area (Å²) in [7, 11) is 0. The molecule has 0 nitrogen and oxygen atoms in total. The van der Waals surface area contributed by atoms with Crippen LogP contribution in [0.4, 0.5) is 0 Å². The van der Waals surface area contributed by atoms with Gasteiger partial charge in [-0.2, -0.15) is 0 Å². The van der Waals surface area contributed by atoms with Crippen molar-refractivity contribution in [2.45, 2.75) is 0 Å². The monoisotopic (exact) mass is 682 g/mol. The molecule has 0 radical (unpaired) electrons. The lowest BCUT2D eigenvalue weighted by Gasteiger charge is -2.21. The lowest BCUT2D eigenvalue weighted by molar-refractivity contribution is 1.65. The van der Waals surface area contributed by atoms with Gasteiger partial charge in [-0.05, 0) is 121 Å². The molecule has 0 bridgehead atoms. The molecule has 0 atom stereocenters. The molecular formula is C54H34. The molecule has 11 rings (SSSR count). The van der Waals surface area contributed by atoms with E-state index >= 15 is 0 Å². The summed E-state index contributed by atoms with van der Waals surface area (Å²) in [5.74, 6) is 0. The Morgan fingerprint density at radius 1 is 0.185 bits per heavy atom. The lowest BCUT2D eigenvalue weighted by Crippen LogP contribution is -1.93. The standard InChI is InChI=1S/C54H34/c1-2-16-38-33-39(28-27-35(38)13-1)43-31-32-44(46-22-8-7-21-45(43)46)40-29-30-51-52(34-40)54(48-26-12-18-37-15-4-6-20-42(37)48)50-24-10-9-23-49(50)53(51)47-25-11-17-36-14-3-5-19-41(36)47/h1-34H. The third-order valence-corrected chi connectivity index (χ3v) is 11.4. The van der Waals surface area contributed by atoms with Crippen molar-refractivity contribution < 1.29 is 0 Å². The summed E-state index contributed by atoms with van der Waals surface area (Å²) in [6, 6.07) is 76.2. The summed E-state index contributed by atoms with van der Waals surface area (Å²) in [6.07, 6.45) is 0. The molecule has 0 aliphatic rings. The maximum Gasteiger partial charge on any atom is -0.00199 e. The van der Waals surface area contributed by atoms with Crippen LogP contribution in [-0.2, 0) is 0 Å². The third kappa shape index (κ3) is 4.78. The average Bonchev–Trinajstić information content (AvgIpc) is 3.24. The molecule has 0 amide bonds. The fourth-order valence-corrected chi connectivity index (χ4v) is 8.97. The maximum atomic E-state index is 2.46. The first-order valence-electron chi connectivity index (χ1n) is 18.8. The van der Waals surface area contributed by atoms with Gasteiger partial charge in [-0.3, -0.25) is 0 Å². The van der Waals surface area contributed by atoms with Crippen LogP contribution >= 0.6 is 0 Å². The van der Waals surface area contributed by atoms with E-state index in [9.17, 15) is 0 Å². The van der Waals surface area contributed by atoms with Gasteiger partial charge in [0.05, 0.1) is 0 Å². The highest BCUT2D eigenvalue weighted by molar-refractivity contribution is 6.26. The number of fused-ring (bicyclic) bond motifs is 6. The van der Waals surface area contributed by atoms with E-state index in [1.807, 2.05) is 0 Å². The molecule has 0 aromatic heterocycles. The van der Waals surface area contributed by atoms with Gasteiger partial charge in [0, 0.05) is 0 Å². The minimum atomic E-state index is 1.21. The Morgan fingerprint density at radius 2 is 0.593 bits per heavy atom. The van der Waals surface area contributed by atoms with E-state index in [4.69, 9.17) is 0 Å². The SMILES string of the molecule is c1ccc2cc(-c3ccc(-c4ccc5c(-c6cccc7ccccc67)c6ccccc6c(-c6cccc7ccccc67)c5c4)c4ccccc34)ccc2c1. The van der Waals surface area contributed by atoms with Gasteiger partial charge in [-0.15, -0.1) is 0 Å². The molecular weight excluding hydrogens is 649 g/mol. The lowest BCUT2D eigenvalue weighted by atomic mass is 9.82. The molecule has 54 heavy (non-hydrogen) atoms. The van der Waals surface area contributed by atoms with Gasteiger partial charge >= 0.3 is 0 Å². The topological polar surface area (TPSA) is 0 Å². The maximum absolute atomic E-state index is 2.46. The van der Waals surface area contributed by atoms with E-state index in [-0.39, 0.29) is 0 Å². The van der Waals surface area contributed by atoms with Gasteiger partial charge in [-0.25, -0.2) is 0 Å². The Bertz CT molecular complexity index is 3260. The zero-order valence-corrected chi connectivity index (χ0v) is 29.6. The van der Waals surface area contributed by atoms with Crippen molar-refractivity contribution >= 4 is 64.6 Å². The zero-order chi connectivity index (χ0) is 35.6. The normalized spacial score (nSPS) is 11.7. The molecule has 0 heteroatoms. The second-order valence-corrected chi connectivity index (χ2v) is 14.4. The van der Waals surface area contributed by atoms with Crippen LogP contribution in [0.3, 0.4) is 0 Å². The van der Waals surface area contributed by atoms with Crippen LogP contribution in [0.1, 0.15) is 0 Å². The zero-order valence-electron chi connectivity index (χ0n) is 29.6. The Morgan fingerprint density at radius 3 is 1.19 bits per heavy atom. The minimum absolute atomic E-state index is 1.21. The van der Waals surface area contributed by atoms with E-state index < -0.39 is 0 Å². The predicted octanol–water partition coefficient (Wildman–Crippen LogP) is 15.3. The van der Waals surface area contributed by atoms with Crippen LogP contribution < -0.4 is 0 Å². The molecule has 0 heterocycles. The highest BCUT2D eigenvalue weighted by Crippen LogP contribution is 2.48. The number of hydrogen-bond donors (Lipinski definition) is 0. The molecule has 0 unspecified atom stereocenters. The first kappa shape index (κ1) is 30.6. The molecule has 0 spiro atoms. The van der Waals surface area contributed by atoms with E-state index in [0.717, 1.165) is 0 Å². The molecule has 0 saturated heterocycles. The number of hydrogen-bond acceptors (Lipinski definition) is 0. The Kier molecular flexibility index (Phi) is 6.97. The quantitative estimate of drug-likeness (QED) is 0.162. The fourth-order valence-electron chi connectivity index (χ4n) is 8.97. The first-order chi connectivity index (χ1) is 26.8. The van der Waals surface area contributed by atoms with Crippen LogP contribution in [0.15, 0.2) is 206 Å². The molecule has 11 aromatic rings. The summed E-state index contributed by atoms with van der Waals surface area (Å²) in [6.45, 7) is 0. The van der Waals surface area contributed by atoms with Crippen molar-refractivity contribution in [3.63, 3.8) is 0 Å². The highest BCUT2D eigenvalue weighted by atomic mass is 14.2. The smallest absolute Gasteiger partial charge is 0.00199 e. The van der Waals surface area contributed by atoms with Gasteiger partial charge in [0.2, 0.25) is 0 Å². The molecule has 0 N–H and O–H groups in total. The average molecular weight is 683 g/mol. The van der Waals surface area contributed by atoms with Gasteiger partial charge in [0.1, 0.15) is 0 Å². The van der Waals surface area contributed by atoms with Crippen molar-refractivity contribution in [3.8, 4) is 44.5 Å². The fraction of sp³-hybridized carbons (Fsp3) is 0. The predicted molar refractivity (Wildman–Crippen MR) is 233 cm³/mol. The van der Waals surface area contributed by atoms with E-state index in [2.05, 4.69) is 206 Å². The van der Waals surface area contributed by atoms with Gasteiger partial charge in [-0.1, -0.05) is 194 Å². The van der Waals surface area contributed by atoms with Crippen molar-refractivity contribution in [2.24, 2.45) is 0 Å². The van der Waals surface area contributed by atoms with Crippen LogP contribution in [0.25, 0.3) is 109 Å². The van der Waals surface area contributed by atoms with E-state index in [1.54, 1.807) is 0 Å². The molecule has 0 saturated carbocycles. The van der Waals surface area contributed by atoms with Crippen LogP contribution in [0.5, 0.6) is 0 Å². The molecule has 11 aromatic carbocycles. The van der Waals surface area contributed by atoms with E-state index in [1.165, 1.54) is 109 Å². The molecule has 0 aliphatic carbocycles. The molecule has 0 aliphatic heterocycles. The highest BCUT2D eigenvalue weighted by Gasteiger charge is 2.20. The van der Waals surface area contributed by atoms with Gasteiger partial charge < -0.3 is 0 Å². The van der Waals surface area contributed by atoms with Crippen LogP contribution in [0, 0.1) is 0 Å². The molecule has 0 fully saturated rings. The summed E-state index contributed by atoms with van der Waals surface area (Å²) < 4.78 is 0. The largest absolute Gasteiger partial charge is 0.0616 e. The summed E-state index contributed by atoms with van der Waals surface area (Å²) in [4.78, 5) is 0. The van der Waals surface area contributed by atoms with E-state index in [0.29, 0.717) is 0 Å². The number of benzene rings is 11. The summed E-state index contributed by atoms with van der Waals surface area (Å²) in [5.41, 5.74) is 10.0. The van der Waals surface area contributed by atoms with Crippen molar-refractivity contribution in [3.05, 3.63) is 206 Å². The minimum Gasteiger partial charge on any atom is -0.0616 e. The Balaban J connectivity index is 1.23. The second-order valence-electron chi connectivity index (χ2n) is 14.4. The number of rotatable bonds is 4. The van der Waals surface area contributed by atoms with Crippen molar-refractivity contribution in [2.75, 3.05) is 0 Å². The second kappa shape index (κ2) is 12.3. The summed E-state index contributed by atoms with van der Waals surface area (Å²) >= 11 is 0. The third-order valence-electron chi connectivity index (χ3n) is 11.4. The van der Waals surface area contributed by atoms with Crippen molar-refractivity contribution in [1.29, 1.82) is 0 Å². The molecule has 250 valence electrons. The Labute approximate surface area is 314 Å². The van der Waals surface area contributed by atoms with Crippen LogP contribution in [-0.4, -0.2) is 0 Å². The summed E-state index contributed by atoms with van der Waals surface area (Å²) in [5, 5.41) is 15.1. The van der Waals surface area contributed by atoms with Crippen molar-refractivity contribution in [1.82, 2.24) is 0 Å². The van der Waals surface area contributed by atoms with Crippen LogP contribution in [0.2, 0.25) is 0 Å². The Hall–Kier alpha value is -7.02.